The fourth-order valence-electron chi connectivity index (χ4n) is 2.51. The van der Waals surface area contributed by atoms with Gasteiger partial charge < -0.3 is 20.1 Å². The third kappa shape index (κ3) is 5.95. The maximum Gasteiger partial charge on any atom is 0.191 e. The SMILES string of the molecule is CCNC(=NCc1ccc(OC)cc1OC)NCCc1cccc(F)c1. The van der Waals surface area contributed by atoms with Crippen LogP contribution in [0.25, 0.3) is 0 Å². The average Bonchev–Trinajstić information content (AvgIpc) is 2.66. The van der Waals surface area contributed by atoms with E-state index in [0.717, 1.165) is 29.2 Å². The molecule has 5 nitrogen and oxygen atoms in total. The molecule has 2 aromatic rings. The van der Waals surface area contributed by atoms with E-state index in [1.54, 1.807) is 26.4 Å². The lowest BCUT2D eigenvalue weighted by Crippen LogP contribution is -2.38. The minimum atomic E-state index is -0.213. The lowest BCUT2D eigenvalue weighted by molar-refractivity contribution is 0.391. The maximum atomic E-state index is 13.2. The number of nitrogens with one attached hydrogen (secondary N) is 2. The lowest BCUT2D eigenvalue weighted by atomic mass is 10.1. The number of benzene rings is 2. The Hall–Kier alpha value is -2.76. The number of halogens is 1. The first-order valence-electron chi connectivity index (χ1n) is 8.63. The maximum absolute atomic E-state index is 13.2. The molecule has 26 heavy (non-hydrogen) atoms. The van der Waals surface area contributed by atoms with E-state index in [-0.39, 0.29) is 5.82 Å². The van der Waals surface area contributed by atoms with E-state index in [1.165, 1.54) is 6.07 Å². The number of rotatable bonds is 8. The van der Waals surface area contributed by atoms with Crippen LogP contribution in [0.3, 0.4) is 0 Å². The summed E-state index contributed by atoms with van der Waals surface area (Å²) in [6.07, 6.45) is 0.716. The molecule has 0 bridgehead atoms. The Balaban J connectivity index is 1.97. The van der Waals surface area contributed by atoms with Crippen LogP contribution in [0.2, 0.25) is 0 Å². The van der Waals surface area contributed by atoms with Crippen LogP contribution in [0, 0.1) is 5.82 Å². The smallest absolute Gasteiger partial charge is 0.191 e. The van der Waals surface area contributed by atoms with Crippen molar-refractivity contribution >= 4 is 5.96 Å². The molecule has 2 aromatic carbocycles. The van der Waals surface area contributed by atoms with Crippen LogP contribution in [0.1, 0.15) is 18.1 Å². The van der Waals surface area contributed by atoms with Gasteiger partial charge in [-0.3, -0.25) is 0 Å². The van der Waals surface area contributed by atoms with Crippen LogP contribution in [0.5, 0.6) is 11.5 Å². The molecular formula is C20H26FN3O2. The third-order valence-electron chi connectivity index (χ3n) is 3.84. The second-order valence-electron chi connectivity index (χ2n) is 5.68. The molecule has 0 heterocycles. The van der Waals surface area contributed by atoms with Crippen molar-refractivity contribution in [3.63, 3.8) is 0 Å². The number of hydrogen-bond donors (Lipinski definition) is 2. The van der Waals surface area contributed by atoms with Crippen molar-refractivity contribution < 1.29 is 13.9 Å². The average molecular weight is 359 g/mol. The Labute approximate surface area is 154 Å². The van der Waals surface area contributed by atoms with Crippen molar-refractivity contribution in [1.29, 1.82) is 0 Å². The number of ether oxygens (including phenoxy) is 2. The molecule has 0 atom stereocenters. The Bertz CT molecular complexity index is 735. The molecule has 0 fully saturated rings. The summed E-state index contributed by atoms with van der Waals surface area (Å²) in [5.74, 6) is 1.98. The third-order valence-corrected chi connectivity index (χ3v) is 3.84. The van der Waals surface area contributed by atoms with E-state index in [9.17, 15) is 4.39 Å². The van der Waals surface area contributed by atoms with Crippen molar-refractivity contribution in [2.45, 2.75) is 19.9 Å². The second-order valence-corrected chi connectivity index (χ2v) is 5.68. The van der Waals surface area contributed by atoms with E-state index in [4.69, 9.17) is 9.47 Å². The monoisotopic (exact) mass is 359 g/mol. The van der Waals surface area contributed by atoms with Crippen molar-refractivity contribution in [2.24, 2.45) is 4.99 Å². The highest BCUT2D eigenvalue weighted by atomic mass is 19.1. The van der Waals surface area contributed by atoms with Gasteiger partial charge in [-0.2, -0.15) is 0 Å². The van der Waals surface area contributed by atoms with Gasteiger partial charge >= 0.3 is 0 Å². The molecule has 0 aliphatic carbocycles. The van der Waals surface area contributed by atoms with Gasteiger partial charge in [0.2, 0.25) is 0 Å². The molecule has 0 amide bonds. The van der Waals surface area contributed by atoms with Gasteiger partial charge in [-0.1, -0.05) is 12.1 Å². The molecular weight excluding hydrogens is 333 g/mol. The molecule has 0 spiro atoms. The van der Waals surface area contributed by atoms with E-state index < -0.39 is 0 Å². The van der Waals surface area contributed by atoms with Gasteiger partial charge in [0.05, 0.1) is 20.8 Å². The number of guanidine groups is 1. The lowest BCUT2D eigenvalue weighted by Gasteiger charge is -2.13. The van der Waals surface area contributed by atoms with Gasteiger partial charge in [0.15, 0.2) is 5.96 Å². The van der Waals surface area contributed by atoms with Crippen LogP contribution < -0.4 is 20.1 Å². The minimum Gasteiger partial charge on any atom is -0.497 e. The van der Waals surface area contributed by atoms with Gasteiger partial charge in [-0.15, -0.1) is 0 Å². The summed E-state index contributed by atoms with van der Waals surface area (Å²) >= 11 is 0. The summed E-state index contributed by atoms with van der Waals surface area (Å²) in [5.41, 5.74) is 1.92. The van der Waals surface area contributed by atoms with Crippen molar-refractivity contribution in [2.75, 3.05) is 27.3 Å². The molecule has 0 aromatic heterocycles. The Morgan fingerprint density at radius 3 is 2.62 bits per heavy atom. The van der Waals surface area contributed by atoms with Crippen LogP contribution in [0.4, 0.5) is 4.39 Å². The van der Waals surface area contributed by atoms with E-state index in [1.807, 2.05) is 31.2 Å². The molecule has 6 heteroatoms. The first-order valence-corrected chi connectivity index (χ1v) is 8.63. The van der Waals surface area contributed by atoms with Crippen molar-refractivity contribution in [3.05, 3.63) is 59.4 Å². The quantitative estimate of drug-likeness (QED) is 0.562. The fourth-order valence-corrected chi connectivity index (χ4v) is 2.51. The molecule has 140 valence electrons. The number of nitrogens with zero attached hydrogens (tertiary/aromatic N) is 1. The molecule has 0 saturated carbocycles. The van der Waals surface area contributed by atoms with Gasteiger partial charge in [-0.05, 0) is 43.2 Å². The summed E-state index contributed by atoms with van der Waals surface area (Å²) in [6.45, 7) is 3.90. The van der Waals surface area contributed by atoms with Crippen LogP contribution in [-0.4, -0.2) is 33.3 Å². The van der Waals surface area contributed by atoms with E-state index in [0.29, 0.717) is 25.5 Å². The van der Waals surface area contributed by atoms with Gasteiger partial charge in [0.1, 0.15) is 17.3 Å². The number of aliphatic imine (C=N–C) groups is 1. The van der Waals surface area contributed by atoms with E-state index in [2.05, 4.69) is 15.6 Å². The van der Waals surface area contributed by atoms with Crippen molar-refractivity contribution in [3.8, 4) is 11.5 Å². The molecule has 0 radical (unpaired) electrons. The Morgan fingerprint density at radius 1 is 1.08 bits per heavy atom. The second kappa shape index (κ2) is 10.3. The molecule has 0 aliphatic rings. The van der Waals surface area contributed by atoms with Crippen molar-refractivity contribution in [1.82, 2.24) is 10.6 Å². The predicted molar refractivity (Wildman–Crippen MR) is 102 cm³/mol. The summed E-state index contributed by atoms with van der Waals surface area (Å²) in [6, 6.07) is 12.3. The normalized spacial score (nSPS) is 11.2. The standard InChI is InChI=1S/C20H26FN3O2/c1-4-22-20(23-11-10-15-6-5-7-17(21)12-15)24-14-16-8-9-18(25-2)13-19(16)26-3/h5-9,12-13H,4,10-11,14H2,1-3H3,(H2,22,23,24). The van der Waals surface area contributed by atoms with Gasteiger partial charge in [0, 0.05) is 24.7 Å². The molecule has 2 N–H and O–H groups in total. The topological polar surface area (TPSA) is 54.9 Å². The molecule has 2 rings (SSSR count). The summed E-state index contributed by atoms with van der Waals surface area (Å²) in [5, 5.41) is 6.48. The minimum absolute atomic E-state index is 0.213. The zero-order valence-corrected chi connectivity index (χ0v) is 15.5. The first-order chi connectivity index (χ1) is 12.7. The zero-order chi connectivity index (χ0) is 18.8. The number of hydrogen-bond acceptors (Lipinski definition) is 3. The van der Waals surface area contributed by atoms with Gasteiger partial charge in [0.25, 0.3) is 0 Å². The van der Waals surface area contributed by atoms with Crippen LogP contribution in [0.15, 0.2) is 47.5 Å². The van der Waals surface area contributed by atoms with Crippen LogP contribution in [-0.2, 0) is 13.0 Å². The highest BCUT2D eigenvalue weighted by Crippen LogP contribution is 2.25. The summed E-state index contributed by atoms with van der Waals surface area (Å²) in [4.78, 5) is 4.60. The highest BCUT2D eigenvalue weighted by molar-refractivity contribution is 5.79. The van der Waals surface area contributed by atoms with Gasteiger partial charge in [-0.25, -0.2) is 9.38 Å². The molecule has 0 aliphatic heterocycles. The van der Waals surface area contributed by atoms with Crippen LogP contribution >= 0.6 is 0 Å². The number of methoxy groups -OCH3 is 2. The first kappa shape index (κ1) is 19.6. The Kier molecular flexibility index (Phi) is 7.74. The summed E-state index contributed by atoms with van der Waals surface area (Å²) in [7, 11) is 3.25. The largest absolute Gasteiger partial charge is 0.497 e. The predicted octanol–water partition coefficient (Wildman–Crippen LogP) is 3.14. The van der Waals surface area contributed by atoms with E-state index >= 15 is 0 Å². The summed E-state index contributed by atoms with van der Waals surface area (Å²) < 4.78 is 23.8. The molecule has 0 unspecified atom stereocenters. The Morgan fingerprint density at radius 2 is 1.92 bits per heavy atom. The highest BCUT2D eigenvalue weighted by Gasteiger charge is 2.05. The zero-order valence-electron chi connectivity index (χ0n) is 15.5. The molecule has 0 saturated heterocycles. The fraction of sp³-hybridized carbons (Fsp3) is 0.350.